The first-order valence-corrected chi connectivity index (χ1v) is 6.98. The van der Waals surface area contributed by atoms with E-state index in [0.29, 0.717) is 6.04 Å². The number of nitrogens with zero attached hydrogens (tertiary/aromatic N) is 1. The summed E-state index contributed by atoms with van der Waals surface area (Å²) in [5.74, 6) is 3.51. The highest BCUT2D eigenvalue weighted by molar-refractivity contribution is 7.99. The summed E-state index contributed by atoms with van der Waals surface area (Å²) < 4.78 is 0. The largest absolute Gasteiger partial charge is 0.311 e. The van der Waals surface area contributed by atoms with Gasteiger partial charge in [-0.1, -0.05) is 13.8 Å². The zero-order chi connectivity index (χ0) is 9.97. The van der Waals surface area contributed by atoms with Gasteiger partial charge in [-0.05, 0) is 18.1 Å². The lowest BCUT2D eigenvalue weighted by atomic mass is 10.0. The highest BCUT2D eigenvalue weighted by atomic mass is 32.2. The number of rotatable bonds is 2. The molecule has 2 saturated heterocycles. The normalized spacial score (nSPS) is 35.4. The lowest BCUT2D eigenvalue weighted by Gasteiger charge is -2.38. The summed E-state index contributed by atoms with van der Waals surface area (Å²) in [7, 11) is 0. The maximum Gasteiger partial charge on any atom is 0.0218 e. The topological polar surface area (TPSA) is 15.3 Å². The molecule has 82 valence electrons. The minimum absolute atomic E-state index is 0.717. The van der Waals surface area contributed by atoms with Crippen LogP contribution in [0.3, 0.4) is 0 Å². The van der Waals surface area contributed by atoms with Gasteiger partial charge >= 0.3 is 0 Å². The molecule has 0 amide bonds. The smallest absolute Gasteiger partial charge is 0.0218 e. The molecule has 0 aromatic rings. The van der Waals surface area contributed by atoms with Crippen molar-refractivity contribution in [3.05, 3.63) is 0 Å². The predicted octanol–water partition coefficient (Wildman–Crippen LogP) is 1.42. The number of hydrogen-bond acceptors (Lipinski definition) is 3. The Morgan fingerprint density at radius 1 is 1.43 bits per heavy atom. The van der Waals surface area contributed by atoms with Gasteiger partial charge in [-0.3, -0.25) is 4.90 Å². The SMILES string of the molecule is CC(C)C1CN(C2CCSC2)CCN1. The molecule has 2 unspecified atom stereocenters. The van der Waals surface area contributed by atoms with Crippen molar-refractivity contribution in [3.8, 4) is 0 Å². The molecular formula is C11H22N2S. The summed E-state index contributed by atoms with van der Waals surface area (Å²) in [5.41, 5.74) is 0. The molecule has 0 aromatic carbocycles. The standard InChI is InChI=1S/C11H22N2S/c1-9(2)11-7-13(5-4-12-11)10-3-6-14-8-10/h9-12H,3-8H2,1-2H3. The molecular weight excluding hydrogens is 192 g/mol. The van der Waals surface area contributed by atoms with Gasteiger partial charge in [0.1, 0.15) is 0 Å². The van der Waals surface area contributed by atoms with Gasteiger partial charge in [-0.2, -0.15) is 11.8 Å². The Morgan fingerprint density at radius 3 is 2.93 bits per heavy atom. The van der Waals surface area contributed by atoms with Crippen LogP contribution in [0.4, 0.5) is 0 Å². The van der Waals surface area contributed by atoms with Gasteiger partial charge in [0, 0.05) is 37.5 Å². The van der Waals surface area contributed by atoms with Gasteiger partial charge in [0.25, 0.3) is 0 Å². The van der Waals surface area contributed by atoms with E-state index in [1.165, 1.54) is 37.6 Å². The molecule has 2 nitrogen and oxygen atoms in total. The van der Waals surface area contributed by atoms with Crippen LogP contribution in [-0.4, -0.2) is 48.1 Å². The van der Waals surface area contributed by atoms with Crippen molar-refractivity contribution in [2.24, 2.45) is 5.92 Å². The van der Waals surface area contributed by atoms with E-state index >= 15 is 0 Å². The predicted molar refractivity (Wildman–Crippen MR) is 63.9 cm³/mol. The number of piperazine rings is 1. The first-order valence-electron chi connectivity index (χ1n) is 5.82. The molecule has 3 heteroatoms. The number of thioether (sulfide) groups is 1. The monoisotopic (exact) mass is 214 g/mol. The first kappa shape index (κ1) is 10.8. The van der Waals surface area contributed by atoms with Crippen LogP contribution in [0.1, 0.15) is 20.3 Å². The third-order valence-electron chi connectivity index (χ3n) is 3.46. The van der Waals surface area contributed by atoms with E-state index < -0.39 is 0 Å². The van der Waals surface area contributed by atoms with Crippen molar-refractivity contribution >= 4 is 11.8 Å². The number of nitrogens with one attached hydrogen (secondary N) is 1. The molecule has 2 fully saturated rings. The van der Waals surface area contributed by atoms with Crippen LogP contribution >= 0.6 is 11.8 Å². The fourth-order valence-electron chi connectivity index (χ4n) is 2.39. The first-order chi connectivity index (χ1) is 6.77. The van der Waals surface area contributed by atoms with Crippen LogP contribution in [0.25, 0.3) is 0 Å². The summed E-state index contributed by atoms with van der Waals surface area (Å²) in [6.45, 7) is 8.36. The van der Waals surface area contributed by atoms with E-state index in [-0.39, 0.29) is 0 Å². The number of hydrogen-bond donors (Lipinski definition) is 1. The van der Waals surface area contributed by atoms with Crippen LogP contribution in [0, 0.1) is 5.92 Å². The van der Waals surface area contributed by atoms with E-state index in [1.54, 1.807) is 0 Å². The second-order valence-corrected chi connectivity index (χ2v) is 5.97. The van der Waals surface area contributed by atoms with E-state index in [2.05, 4.69) is 35.8 Å². The van der Waals surface area contributed by atoms with Gasteiger partial charge in [0.05, 0.1) is 0 Å². The van der Waals surface area contributed by atoms with Crippen LogP contribution in [-0.2, 0) is 0 Å². The van der Waals surface area contributed by atoms with Gasteiger partial charge in [-0.15, -0.1) is 0 Å². The minimum Gasteiger partial charge on any atom is -0.311 e. The van der Waals surface area contributed by atoms with Crippen LogP contribution < -0.4 is 5.32 Å². The second kappa shape index (κ2) is 4.86. The van der Waals surface area contributed by atoms with Crippen molar-refractivity contribution in [1.82, 2.24) is 10.2 Å². The molecule has 0 radical (unpaired) electrons. The molecule has 0 bridgehead atoms. The molecule has 0 aromatic heterocycles. The van der Waals surface area contributed by atoms with E-state index in [0.717, 1.165) is 12.0 Å². The van der Waals surface area contributed by atoms with Crippen LogP contribution in [0.5, 0.6) is 0 Å². The summed E-state index contributed by atoms with van der Waals surface area (Å²) in [5, 5.41) is 3.62. The van der Waals surface area contributed by atoms with Gasteiger partial charge in [0.15, 0.2) is 0 Å². The molecule has 14 heavy (non-hydrogen) atoms. The van der Waals surface area contributed by atoms with Crippen LogP contribution in [0.15, 0.2) is 0 Å². The Morgan fingerprint density at radius 2 is 2.29 bits per heavy atom. The zero-order valence-corrected chi connectivity index (χ0v) is 10.1. The molecule has 2 rings (SSSR count). The lowest BCUT2D eigenvalue weighted by Crippen LogP contribution is -2.55. The molecule has 0 saturated carbocycles. The Hall–Kier alpha value is 0.270. The Kier molecular flexibility index (Phi) is 3.74. The highest BCUT2D eigenvalue weighted by Crippen LogP contribution is 2.23. The van der Waals surface area contributed by atoms with Crippen molar-refractivity contribution in [2.75, 3.05) is 31.1 Å². The molecule has 2 aliphatic rings. The maximum absolute atomic E-state index is 3.62. The van der Waals surface area contributed by atoms with Crippen molar-refractivity contribution in [1.29, 1.82) is 0 Å². The third kappa shape index (κ3) is 2.44. The average Bonchev–Trinajstić information content (AvgIpc) is 2.71. The second-order valence-electron chi connectivity index (χ2n) is 4.82. The Balaban J connectivity index is 1.86. The molecule has 0 spiro atoms. The summed E-state index contributed by atoms with van der Waals surface area (Å²) in [6.07, 6.45) is 1.41. The third-order valence-corrected chi connectivity index (χ3v) is 4.61. The summed E-state index contributed by atoms with van der Waals surface area (Å²) in [4.78, 5) is 2.71. The lowest BCUT2D eigenvalue weighted by molar-refractivity contribution is 0.137. The fraction of sp³-hybridized carbons (Fsp3) is 1.00. The summed E-state index contributed by atoms with van der Waals surface area (Å²) >= 11 is 2.12. The van der Waals surface area contributed by atoms with E-state index in [4.69, 9.17) is 0 Å². The molecule has 0 aliphatic carbocycles. The Bertz CT molecular complexity index is 178. The minimum atomic E-state index is 0.717. The zero-order valence-electron chi connectivity index (χ0n) is 9.33. The molecule has 2 atom stereocenters. The van der Waals surface area contributed by atoms with Gasteiger partial charge in [-0.25, -0.2) is 0 Å². The van der Waals surface area contributed by atoms with E-state index in [1.807, 2.05) is 0 Å². The quantitative estimate of drug-likeness (QED) is 0.748. The van der Waals surface area contributed by atoms with Gasteiger partial charge < -0.3 is 5.32 Å². The highest BCUT2D eigenvalue weighted by Gasteiger charge is 2.28. The summed E-state index contributed by atoms with van der Waals surface area (Å²) in [6, 6.07) is 1.60. The van der Waals surface area contributed by atoms with Crippen molar-refractivity contribution in [3.63, 3.8) is 0 Å². The maximum atomic E-state index is 3.62. The average molecular weight is 214 g/mol. The van der Waals surface area contributed by atoms with E-state index in [9.17, 15) is 0 Å². The van der Waals surface area contributed by atoms with Crippen LogP contribution in [0.2, 0.25) is 0 Å². The fourth-order valence-corrected chi connectivity index (χ4v) is 3.65. The Labute approximate surface area is 91.8 Å². The molecule has 2 aliphatic heterocycles. The molecule has 2 heterocycles. The van der Waals surface area contributed by atoms with Crippen molar-refractivity contribution in [2.45, 2.75) is 32.4 Å². The van der Waals surface area contributed by atoms with Gasteiger partial charge in [0.2, 0.25) is 0 Å². The molecule has 1 N–H and O–H groups in total. The van der Waals surface area contributed by atoms with Crippen molar-refractivity contribution < 1.29 is 0 Å².